The van der Waals surface area contributed by atoms with E-state index in [1.807, 2.05) is 29.9 Å². The molecule has 1 aliphatic rings. The van der Waals surface area contributed by atoms with Crippen LogP contribution in [0.3, 0.4) is 0 Å². The Morgan fingerprint density at radius 3 is 3.18 bits per heavy atom. The number of aromatic nitrogens is 5. The Bertz CT molecular complexity index is 843. The molecule has 4 heterocycles. The molecule has 0 radical (unpaired) electrons. The first-order valence-corrected chi connectivity index (χ1v) is 8.05. The third-order valence-electron chi connectivity index (χ3n) is 3.87. The van der Waals surface area contributed by atoms with Gasteiger partial charge in [0.25, 0.3) is 0 Å². The van der Waals surface area contributed by atoms with Crippen molar-refractivity contribution in [2.45, 2.75) is 32.4 Å². The summed E-state index contributed by atoms with van der Waals surface area (Å²) < 4.78 is 2.94. The predicted molar refractivity (Wildman–Crippen MR) is 87.7 cm³/mol. The van der Waals surface area contributed by atoms with Crippen molar-refractivity contribution in [3.63, 3.8) is 0 Å². The van der Waals surface area contributed by atoms with E-state index in [-0.39, 0.29) is 0 Å². The summed E-state index contributed by atoms with van der Waals surface area (Å²) in [5.74, 6) is 1.92. The quantitative estimate of drug-likeness (QED) is 0.762. The Balaban J connectivity index is 1.62. The second-order valence-corrected chi connectivity index (χ2v) is 6.43. The first-order valence-electron chi connectivity index (χ1n) is 7.26. The van der Waals surface area contributed by atoms with Crippen molar-refractivity contribution in [2.75, 3.05) is 5.32 Å². The highest BCUT2D eigenvalue weighted by molar-refractivity contribution is 9.10. The third-order valence-corrected chi connectivity index (χ3v) is 4.30. The molecule has 4 rings (SSSR count). The highest BCUT2D eigenvalue weighted by atomic mass is 79.9. The van der Waals surface area contributed by atoms with Crippen LogP contribution in [0.5, 0.6) is 0 Å². The van der Waals surface area contributed by atoms with Gasteiger partial charge in [0, 0.05) is 29.3 Å². The molecule has 1 atom stereocenters. The monoisotopic (exact) mass is 358 g/mol. The Labute approximate surface area is 136 Å². The Kier molecular flexibility index (Phi) is 3.29. The van der Waals surface area contributed by atoms with Gasteiger partial charge in [-0.3, -0.25) is 9.97 Å². The van der Waals surface area contributed by atoms with Gasteiger partial charge in [0.2, 0.25) is 0 Å². The lowest BCUT2D eigenvalue weighted by Gasteiger charge is -2.24. The van der Waals surface area contributed by atoms with Crippen molar-refractivity contribution in [1.29, 1.82) is 0 Å². The van der Waals surface area contributed by atoms with Gasteiger partial charge in [0.1, 0.15) is 17.2 Å². The van der Waals surface area contributed by atoms with Gasteiger partial charge in [-0.25, -0.2) is 9.67 Å². The average Bonchev–Trinajstić information content (AvgIpc) is 2.86. The van der Waals surface area contributed by atoms with Crippen LogP contribution in [0.15, 0.2) is 29.0 Å². The standard InChI is InChI=1S/C15H15BrN6/c1-9-19-14-3-2-11(8-22(14)21-9)20-12-4-5-17-13-6-10(16)7-18-15(12)13/h4-7,11H,2-3,8H2,1H3,(H,17,20). The number of nitrogens with one attached hydrogen (secondary N) is 1. The Morgan fingerprint density at radius 1 is 1.36 bits per heavy atom. The van der Waals surface area contributed by atoms with Crippen LogP contribution in [0.4, 0.5) is 5.69 Å². The van der Waals surface area contributed by atoms with Crippen LogP contribution >= 0.6 is 15.9 Å². The Hall–Kier alpha value is -2.02. The minimum atomic E-state index is 0.324. The lowest BCUT2D eigenvalue weighted by Crippen LogP contribution is -2.32. The smallest absolute Gasteiger partial charge is 0.147 e. The van der Waals surface area contributed by atoms with Crippen LogP contribution < -0.4 is 5.32 Å². The minimum absolute atomic E-state index is 0.324. The van der Waals surface area contributed by atoms with Crippen LogP contribution in [-0.4, -0.2) is 30.8 Å². The normalized spacial score (nSPS) is 17.5. The maximum absolute atomic E-state index is 4.49. The van der Waals surface area contributed by atoms with Gasteiger partial charge in [-0.2, -0.15) is 5.10 Å². The first-order chi connectivity index (χ1) is 10.7. The maximum Gasteiger partial charge on any atom is 0.147 e. The number of rotatable bonds is 2. The molecule has 0 saturated heterocycles. The number of aryl methyl sites for hydroxylation is 2. The zero-order valence-corrected chi connectivity index (χ0v) is 13.7. The molecular weight excluding hydrogens is 344 g/mol. The van der Waals surface area contributed by atoms with Crippen LogP contribution in [0.1, 0.15) is 18.1 Å². The van der Waals surface area contributed by atoms with E-state index in [0.29, 0.717) is 6.04 Å². The zero-order valence-electron chi connectivity index (χ0n) is 12.1. The predicted octanol–water partition coefficient (Wildman–Crippen LogP) is 2.72. The highest BCUT2D eigenvalue weighted by Crippen LogP contribution is 2.24. The van der Waals surface area contributed by atoms with Crippen molar-refractivity contribution in [3.8, 4) is 0 Å². The van der Waals surface area contributed by atoms with E-state index in [1.165, 1.54) is 0 Å². The number of nitrogens with zero attached hydrogens (tertiary/aromatic N) is 5. The van der Waals surface area contributed by atoms with Crippen molar-refractivity contribution >= 4 is 32.7 Å². The van der Waals surface area contributed by atoms with E-state index < -0.39 is 0 Å². The summed E-state index contributed by atoms with van der Waals surface area (Å²) in [5, 5.41) is 8.04. The highest BCUT2D eigenvalue weighted by Gasteiger charge is 2.21. The SMILES string of the molecule is Cc1nc2n(n1)CC(Nc1ccnc3cc(Br)cnc13)CC2. The average molecular weight is 359 g/mol. The number of fused-ring (bicyclic) bond motifs is 2. The van der Waals surface area contributed by atoms with Crippen LogP contribution in [-0.2, 0) is 13.0 Å². The molecule has 0 aliphatic carbocycles. The molecule has 1 unspecified atom stereocenters. The lowest BCUT2D eigenvalue weighted by molar-refractivity contribution is 0.441. The number of halogens is 1. The van der Waals surface area contributed by atoms with Gasteiger partial charge in [-0.1, -0.05) is 0 Å². The molecule has 0 saturated carbocycles. The van der Waals surface area contributed by atoms with Gasteiger partial charge in [-0.15, -0.1) is 0 Å². The molecule has 0 amide bonds. The number of pyridine rings is 2. The molecule has 22 heavy (non-hydrogen) atoms. The molecular formula is C15H15BrN6. The maximum atomic E-state index is 4.49. The molecule has 0 fully saturated rings. The minimum Gasteiger partial charge on any atom is -0.379 e. The number of hydrogen-bond donors (Lipinski definition) is 1. The van der Waals surface area contributed by atoms with E-state index >= 15 is 0 Å². The van der Waals surface area contributed by atoms with Gasteiger partial charge < -0.3 is 5.32 Å². The van der Waals surface area contributed by atoms with Crippen LogP contribution in [0.2, 0.25) is 0 Å². The summed E-state index contributed by atoms with van der Waals surface area (Å²) in [6.07, 6.45) is 5.60. The van der Waals surface area contributed by atoms with Crippen molar-refractivity contribution in [3.05, 3.63) is 40.6 Å². The van der Waals surface area contributed by atoms with Crippen molar-refractivity contribution in [2.24, 2.45) is 0 Å². The zero-order chi connectivity index (χ0) is 15.1. The fraction of sp³-hybridized carbons (Fsp3) is 0.333. The van der Waals surface area contributed by atoms with Crippen LogP contribution in [0.25, 0.3) is 11.0 Å². The van der Waals surface area contributed by atoms with E-state index in [9.17, 15) is 0 Å². The van der Waals surface area contributed by atoms with Crippen molar-refractivity contribution in [1.82, 2.24) is 24.7 Å². The molecule has 7 heteroatoms. The van der Waals surface area contributed by atoms with E-state index in [0.717, 1.165) is 52.2 Å². The van der Waals surface area contributed by atoms with E-state index in [1.54, 1.807) is 6.20 Å². The molecule has 3 aromatic heterocycles. The summed E-state index contributed by atoms with van der Waals surface area (Å²) in [4.78, 5) is 13.3. The molecule has 3 aromatic rings. The Morgan fingerprint density at radius 2 is 2.27 bits per heavy atom. The molecule has 1 aliphatic heterocycles. The third kappa shape index (κ3) is 2.45. The summed E-state index contributed by atoms with van der Waals surface area (Å²) in [6, 6.07) is 4.28. The fourth-order valence-corrected chi connectivity index (χ4v) is 3.21. The van der Waals surface area contributed by atoms with E-state index in [4.69, 9.17) is 0 Å². The van der Waals surface area contributed by atoms with Gasteiger partial charge in [-0.05, 0) is 41.4 Å². The molecule has 112 valence electrons. The lowest BCUT2D eigenvalue weighted by atomic mass is 10.1. The molecule has 0 aromatic carbocycles. The second-order valence-electron chi connectivity index (χ2n) is 5.52. The van der Waals surface area contributed by atoms with Gasteiger partial charge in [0.05, 0.1) is 17.7 Å². The van der Waals surface area contributed by atoms with E-state index in [2.05, 4.69) is 41.3 Å². The summed E-state index contributed by atoms with van der Waals surface area (Å²) >= 11 is 3.43. The second kappa shape index (κ2) is 5.31. The topological polar surface area (TPSA) is 68.5 Å². The first kappa shape index (κ1) is 13.6. The van der Waals surface area contributed by atoms with Crippen LogP contribution in [0, 0.1) is 6.92 Å². The largest absolute Gasteiger partial charge is 0.379 e. The van der Waals surface area contributed by atoms with Crippen molar-refractivity contribution < 1.29 is 0 Å². The summed E-state index contributed by atoms with van der Waals surface area (Å²) in [6.45, 7) is 2.77. The van der Waals surface area contributed by atoms with Gasteiger partial charge >= 0.3 is 0 Å². The number of anilines is 1. The molecule has 0 spiro atoms. The molecule has 1 N–H and O–H groups in total. The fourth-order valence-electron chi connectivity index (χ4n) is 2.89. The molecule has 0 bridgehead atoms. The van der Waals surface area contributed by atoms with Gasteiger partial charge in [0.15, 0.2) is 0 Å². The molecule has 6 nitrogen and oxygen atoms in total. The summed E-state index contributed by atoms with van der Waals surface area (Å²) in [5.41, 5.74) is 2.79. The number of hydrogen-bond acceptors (Lipinski definition) is 5. The summed E-state index contributed by atoms with van der Waals surface area (Å²) in [7, 11) is 0.